The molecule has 2 aliphatic rings. The number of fused-ring (bicyclic) bond motifs is 3. The van der Waals surface area contributed by atoms with Crippen LogP contribution in [-0.2, 0) is 14.3 Å². The molecule has 1 aliphatic carbocycles. The van der Waals surface area contributed by atoms with E-state index in [1.54, 1.807) is 0 Å². The fourth-order valence-corrected chi connectivity index (χ4v) is 3.78. The van der Waals surface area contributed by atoms with Gasteiger partial charge in [0.05, 0.1) is 7.11 Å². The minimum absolute atomic E-state index is 0.376. The van der Waals surface area contributed by atoms with Crippen LogP contribution in [0.15, 0.2) is 48.5 Å². The van der Waals surface area contributed by atoms with Gasteiger partial charge < -0.3 is 9.47 Å². The van der Waals surface area contributed by atoms with Crippen LogP contribution in [0.4, 0.5) is 4.79 Å². The van der Waals surface area contributed by atoms with Crippen LogP contribution in [-0.4, -0.2) is 36.7 Å². The van der Waals surface area contributed by atoms with Gasteiger partial charge in [0.15, 0.2) is 6.10 Å². The predicted molar refractivity (Wildman–Crippen MR) is 91.9 cm³/mol. The number of benzene rings is 2. The third-order valence-electron chi connectivity index (χ3n) is 4.94. The van der Waals surface area contributed by atoms with Gasteiger partial charge in [-0.25, -0.2) is 9.59 Å². The van der Waals surface area contributed by atoms with E-state index in [2.05, 4.69) is 0 Å². The van der Waals surface area contributed by atoms with Crippen LogP contribution < -0.4 is 0 Å². The fourth-order valence-electron chi connectivity index (χ4n) is 3.78. The summed E-state index contributed by atoms with van der Waals surface area (Å²) in [7, 11) is 1.33. The second-order valence-electron chi connectivity index (χ2n) is 6.31. The minimum atomic E-state index is -0.577. The van der Waals surface area contributed by atoms with Crippen molar-refractivity contribution in [3.8, 4) is 11.1 Å². The Hall–Kier alpha value is -2.82. The predicted octanol–water partition coefficient (Wildman–Crippen LogP) is 3.53. The Bertz CT molecular complexity index is 786. The van der Waals surface area contributed by atoms with Gasteiger partial charge >= 0.3 is 12.1 Å². The summed E-state index contributed by atoms with van der Waals surface area (Å²) in [6.45, 7) is 0.518. The molecule has 0 bridgehead atoms. The van der Waals surface area contributed by atoms with E-state index in [0.717, 1.165) is 28.7 Å². The molecule has 1 fully saturated rings. The lowest BCUT2D eigenvalue weighted by molar-refractivity contribution is -0.152. The molecule has 2 aromatic rings. The van der Waals surface area contributed by atoms with E-state index in [4.69, 9.17) is 9.47 Å². The summed E-state index contributed by atoms with van der Waals surface area (Å²) in [5, 5.41) is 0. The molecule has 0 unspecified atom stereocenters. The van der Waals surface area contributed by atoms with Crippen molar-refractivity contribution in [2.45, 2.75) is 25.0 Å². The topological polar surface area (TPSA) is 55.8 Å². The maximum absolute atomic E-state index is 12.8. The zero-order valence-corrected chi connectivity index (χ0v) is 14.0. The average Bonchev–Trinajstić information content (AvgIpc) is 3.26. The molecule has 0 radical (unpaired) electrons. The van der Waals surface area contributed by atoms with E-state index in [1.807, 2.05) is 48.5 Å². The standard InChI is InChI=1S/C20H19NO4/c1-24-20(23)21-12-6-11-17(21)19(22)25-18-15-9-4-2-7-13(15)14-8-3-5-10-16(14)18/h2-5,7-10,17-18H,6,11-12H2,1H3/t17-/m0/s1. The molecule has 5 heteroatoms. The van der Waals surface area contributed by atoms with Crippen molar-refractivity contribution in [2.75, 3.05) is 13.7 Å². The highest BCUT2D eigenvalue weighted by atomic mass is 16.6. The minimum Gasteiger partial charge on any atom is -0.453 e. The van der Waals surface area contributed by atoms with Gasteiger partial charge in [-0.3, -0.25) is 4.90 Å². The highest BCUT2D eigenvalue weighted by molar-refractivity contribution is 5.84. The van der Waals surface area contributed by atoms with Crippen molar-refractivity contribution < 1.29 is 19.1 Å². The third kappa shape index (κ3) is 2.56. The Morgan fingerprint density at radius 2 is 1.60 bits per heavy atom. The first kappa shape index (κ1) is 15.7. The van der Waals surface area contributed by atoms with Crippen LogP contribution in [0.1, 0.15) is 30.1 Å². The van der Waals surface area contributed by atoms with Gasteiger partial charge in [0, 0.05) is 17.7 Å². The summed E-state index contributed by atoms with van der Waals surface area (Å²) in [5.41, 5.74) is 4.15. The SMILES string of the molecule is COC(=O)N1CCC[C@H]1C(=O)OC1c2ccccc2-c2ccccc21. The molecular formula is C20H19NO4. The van der Waals surface area contributed by atoms with Crippen LogP contribution in [0.5, 0.6) is 0 Å². The van der Waals surface area contributed by atoms with Crippen molar-refractivity contribution in [3.05, 3.63) is 59.7 Å². The number of carbonyl (C=O) groups is 2. The van der Waals surface area contributed by atoms with E-state index in [1.165, 1.54) is 12.0 Å². The number of ether oxygens (including phenoxy) is 2. The third-order valence-corrected chi connectivity index (χ3v) is 4.94. The summed E-state index contributed by atoms with van der Waals surface area (Å²) in [4.78, 5) is 26.1. The number of hydrogen-bond acceptors (Lipinski definition) is 4. The van der Waals surface area contributed by atoms with Crippen LogP contribution in [0, 0.1) is 0 Å². The van der Waals surface area contributed by atoms with Crippen molar-refractivity contribution in [2.24, 2.45) is 0 Å². The van der Waals surface area contributed by atoms with Gasteiger partial charge in [0.25, 0.3) is 0 Å². The Labute approximate surface area is 146 Å². The number of methoxy groups -OCH3 is 1. The molecule has 1 atom stereocenters. The molecule has 5 nitrogen and oxygen atoms in total. The molecule has 0 saturated carbocycles. The quantitative estimate of drug-likeness (QED) is 0.787. The van der Waals surface area contributed by atoms with Crippen LogP contribution in [0.2, 0.25) is 0 Å². The van der Waals surface area contributed by atoms with Gasteiger partial charge in [-0.1, -0.05) is 48.5 Å². The summed E-state index contributed by atoms with van der Waals surface area (Å²) >= 11 is 0. The molecule has 0 aromatic heterocycles. The molecule has 128 valence electrons. The maximum atomic E-state index is 12.8. The van der Waals surface area contributed by atoms with Gasteiger partial charge in [-0.05, 0) is 24.0 Å². The van der Waals surface area contributed by atoms with E-state index < -0.39 is 18.2 Å². The molecular weight excluding hydrogens is 318 g/mol. The summed E-state index contributed by atoms with van der Waals surface area (Å²) in [6.07, 6.45) is 0.461. The molecule has 1 amide bonds. The zero-order valence-electron chi connectivity index (χ0n) is 14.0. The number of rotatable bonds is 2. The largest absolute Gasteiger partial charge is 0.453 e. The molecule has 1 saturated heterocycles. The number of nitrogens with zero attached hydrogens (tertiary/aromatic N) is 1. The van der Waals surface area contributed by atoms with E-state index in [-0.39, 0.29) is 5.97 Å². The lowest BCUT2D eigenvalue weighted by Gasteiger charge is -2.24. The van der Waals surface area contributed by atoms with Gasteiger partial charge in [0.1, 0.15) is 6.04 Å². The Morgan fingerprint density at radius 3 is 2.20 bits per heavy atom. The fraction of sp³-hybridized carbons (Fsp3) is 0.300. The van der Waals surface area contributed by atoms with Gasteiger partial charge in [-0.15, -0.1) is 0 Å². The monoisotopic (exact) mass is 337 g/mol. The maximum Gasteiger partial charge on any atom is 0.410 e. The smallest absolute Gasteiger partial charge is 0.410 e. The van der Waals surface area contributed by atoms with Gasteiger partial charge in [-0.2, -0.15) is 0 Å². The number of esters is 1. The van der Waals surface area contributed by atoms with E-state index >= 15 is 0 Å². The number of hydrogen-bond donors (Lipinski definition) is 0. The molecule has 2 aromatic carbocycles. The summed E-state index contributed by atoms with van der Waals surface area (Å²) < 4.78 is 10.7. The average molecular weight is 337 g/mol. The molecule has 0 spiro atoms. The highest BCUT2D eigenvalue weighted by Gasteiger charge is 2.39. The molecule has 25 heavy (non-hydrogen) atoms. The summed E-state index contributed by atoms with van der Waals surface area (Å²) in [6, 6.07) is 15.3. The van der Waals surface area contributed by atoms with Crippen molar-refractivity contribution in [1.82, 2.24) is 4.90 Å². The highest BCUT2D eigenvalue weighted by Crippen LogP contribution is 2.45. The lowest BCUT2D eigenvalue weighted by atomic mass is 10.1. The molecule has 4 rings (SSSR count). The zero-order chi connectivity index (χ0) is 17.4. The van der Waals surface area contributed by atoms with Crippen molar-refractivity contribution in [3.63, 3.8) is 0 Å². The Kier molecular flexibility index (Phi) is 3.92. The van der Waals surface area contributed by atoms with Crippen LogP contribution >= 0.6 is 0 Å². The van der Waals surface area contributed by atoms with E-state index in [9.17, 15) is 9.59 Å². The molecule has 1 heterocycles. The van der Waals surface area contributed by atoms with Gasteiger partial charge in [0.2, 0.25) is 0 Å². The first-order valence-electron chi connectivity index (χ1n) is 8.44. The Morgan fingerprint density at radius 1 is 1.00 bits per heavy atom. The number of likely N-dealkylation sites (tertiary alicyclic amines) is 1. The summed E-state index contributed by atoms with van der Waals surface area (Å²) in [5.74, 6) is -0.376. The second-order valence-corrected chi connectivity index (χ2v) is 6.31. The van der Waals surface area contributed by atoms with Crippen LogP contribution in [0.25, 0.3) is 11.1 Å². The van der Waals surface area contributed by atoms with Crippen LogP contribution in [0.3, 0.4) is 0 Å². The van der Waals surface area contributed by atoms with Crippen molar-refractivity contribution in [1.29, 1.82) is 0 Å². The van der Waals surface area contributed by atoms with E-state index in [0.29, 0.717) is 13.0 Å². The lowest BCUT2D eigenvalue weighted by Crippen LogP contribution is -2.41. The first-order chi connectivity index (χ1) is 12.2. The molecule has 1 aliphatic heterocycles. The Balaban J connectivity index is 1.62. The first-order valence-corrected chi connectivity index (χ1v) is 8.44. The molecule has 0 N–H and O–H groups in total. The number of amides is 1. The second kappa shape index (κ2) is 6.24. The normalized spacial score (nSPS) is 18.6. The number of carbonyl (C=O) groups excluding carboxylic acids is 2. The van der Waals surface area contributed by atoms with Crippen molar-refractivity contribution >= 4 is 12.1 Å².